The molecule has 10 heteroatoms. The lowest BCUT2D eigenvalue weighted by molar-refractivity contribution is 0.0741. The fraction of sp³-hybridized carbons (Fsp3) is 0.192. The van der Waals surface area contributed by atoms with Crippen LogP contribution in [0.25, 0.3) is 11.5 Å². The minimum atomic E-state index is -0.410. The molecule has 0 radical (unpaired) electrons. The van der Waals surface area contributed by atoms with Crippen molar-refractivity contribution in [2.75, 3.05) is 23.8 Å². The Hall–Kier alpha value is -4.57. The molecule has 0 saturated carbocycles. The second-order valence-electron chi connectivity index (χ2n) is 8.60. The summed E-state index contributed by atoms with van der Waals surface area (Å²) in [5.74, 6) is 1.10. The number of aromatic nitrogens is 4. The molecule has 0 aliphatic carbocycles. The van der Waals surface area contributed by atoms with E-state index in [1.165, 1.54) is 6.39 Å². The van der Waals surface area contributed by atoms with Crippen molar-refractivity contribution >= 4 is 23.4 Å². The highest BCUT2D eigenvalue weighted by molar-refractivity contribution is 6.00. The van der Waals surface area contributed by atoms with Crippen molar-refractivity contribution in [3.63, 3.8) is 0 Å². The summed E-state index contributed by atoms with van der Waals surface area (Å²) in [5.41, 5.74) is 3.92. The maximum absolute atomic E-state index is 12.7. The molecule has 1 amide bonds. The maximum atomic E-state index is 12.7. The Morgan fingerprint density at radius 2 is 2.03 bits per heavy atom. The molecular formula is C26H23N7O3. The predicted molar refractivity (Wildman–Crippen MR) is 132 cm³/mol. The average Bonchev–Trinajstić information content (AvgIpc) is 3.55. The van der Waals surface area contributed by atoms with Gasteiger partial charge in [-0.3, -0.25) is 4.79 Å². The van der Waals surface area contributed by atoms with Crippen LogP contribution in [0.1, 0.15) is 40.0 Å². The highest BCUT2D eigenvalue weighted by Gasteiger charge is 2.36. The number of fused-ring (bicyclic) bond motifs is 3. The number of carbonyl (C=O) groups is 1. The van der Waals surface area contributed by atoms with E-state index in [4.69, 9.17) is 4.42 Å². The van der Waals surface area contributed by atoms with Gasteiger partial charge in [0, 0.05) is 24.0 Å². The Morgan fingerprint density at radius 1 is 1.14 bits per heavy atom. The summed E-state index contributed by atoms with van der Waals surface area (Å²) in [6, 6.07) is 14.9. The molecule has 0 bridgehead atoms. The van der Waals surface area contributed by atoms with Crippen LogP contribution >= 0.6 is 0 Å². The highest BCUT2D eigenvalue weighted by Crippen LogP contribution is 2.39. The standard InChI is InChI=1S/C26H23N7O3/c34-14-21(16-6-2-1-3-7-16)30-23-20(24-32-28-15-36-24)13-27-26(31-23)29-17-9-10-18-19(12-17)22-8-4-5-11-33(22)25(18)35/h1-7,9-10,12-13,15,21-22,34H,8,11,14H2,(H2,27,29,30,31)/t21-,22?/m1/s1. The molecule has 6 rings (SSSR count). The topological polar surface area (TPSA) is 129 Å². The summed E-state index contributed by atoms with van der Waals surface area (Å²) < 4.78 is 5.38. The van der Waals surface area contributed by atoms with Crippen LogP contribution in [-0.4, -0.2) is 49.2 Å². The van der Waals surface area contributed by atoms with Gasteiger partial charge in [0.15, 0.2) is 0 Å². The number of amides is 1. The number of nitrogens with one attached hydrogen (secondary N) is 2. The smallest absolute Gasteiger partial charge is 0.255 e. The Bertz CT molecular complexity index is 1420. The van der Waals surface area contributed by atoms with Crippen LogP contribution in [0.15, 0.2) is 77.7 Å². The summed E-state index contributed by atoms with van der Waals surface area (Å²) in [5, 5.41) is 24.3. The molecular weight excluding hydrogens is 458 g/mol. The second-order valence-corrected chi connectivity index (χ2v) is 8.60. The van der Waals surface area contributed by atoms with E-state index >= 15 is 0 Å². The summed E-state index contributed by atoms with van der Waals surface area (Å²) >= 11 is 0. The van der Waals surface area contributed by atoms with Gasteiger partial charge in [-0.2, -0.15) is 4.98 Å². The highest BCUT2D eigenvalue weighted by atomic mass is 16.4. The van der Waals surface area contributed by atoms with Crippen LogP contribution < -0.4 is 10.6 Å². The lowest BCUT2D eigenvalue weighted by Gasteiger charge is -2.26. The third-order valence-corrected chi connectivity index (χ3v) is 6.44. The molecule has 1 unspecified atom stereocenters. The minimum absolute atomic E-state index is 0.0495. The summed E-state index contributed by atoms with van der Waals surface area (Å²) in [6.07, 6.45) is 7.78. The predicted octanol–water partition coefficient (Wildman–Crippen LogP) is 3.87. The quantitative estimate of drug-likeness (QED) is 0.337. The zero-order valence-electron chi connectivity index (χ0n) is 19.2. The molecule has 36 heavy (non-hydrogen) atoms. The van der Waals surface area contributed by atoms with E-state index < -0.39 is 6.04 Å². The Morgan fingerprint density at radius 3 is 2.83 bits per heavy atom. The molecule has 2 atom stereocenters. The van der Waals surface area contributed by atoms with Crippen molar-refractivity contribution in [1.29, 1.82) is 0 Å². The van der Waals surface area contributed by atoms with E-state index in [2.05, 4.69) is 36.9 Å². The molecule has 0 spiro atoms. The van der Waals surface area contributed by atoms with E-state index in [9.17, 15) is 9.90 Å². The zero-order valence-corrected chi connectivity index (χ0v) is 19.2. The lowest BCUT2D eigenvalue weighted by Crippen LogP contribution is -2.29. The Kier molecular flexibility index (Phi) is 5.62. The number of rotatable bonds is 7. The molecule has 2 aliphatic heterocycles. The van der Waals surface area contributed by atoms with Crippen molar-refractivity contribution < 1.29 is 14.3 Å². The number of benzene rings is 2. The van der Waals surface area contributed by atoms with Gasteiger partial charge in [0.25, 0.3) is 11.8 Å². The molecule has 2 aromatic carbocycles. The first-order valence-corrected chi connectivity index (χ1v) is 11.6. The maximum Gasteiger partial charge on any atom is 0.255 e. The van der Waals surface area contributed by atoms with Gasteiger partial charge in [-0.25, -0.2) is 4.98 Å². The fourth-order valence-electron chi connectivity index (χ4n) is 4.67. The number of carbonyl (C=O) groups excluding carboxylic acids is 1. The second kappa shape index (κ2) is 9.23. The van der Waals surface area contributed by atoms with Crippen LogP contribution in [-0.2, 0) is 0 Å². The minimum Gasteiger partial charge on any atom is -0.423 e. The zero-order chi connectivity index (χ0) is 24.5. The Balaban J connectivity index is 1.32. The van der Waals surface area contributed by atoms with Crippen LogP contribution in [0.4, 0.5) is 17.5 Å². The van der Waals surface area contributed by atoms with Gasteiger partial charge in [0.05, 0.1) is 24.3 Å². The van der Waals surface area contributed by atoms with Crippen molar-refractivity contribution in [1.82, 2.24) is 25.1 Å². The molecule has 4 aromatic rings. The van der Waals surface area contributed by atoms with Gasteiger partial charge in [-0.1, -0.05) is 42.5 Å². The lowest BCUT2D eigenvalue weighted by atomic mass is 10.00. The molecule has 180 valence electrons. The van der Waals surface area contributed by atoms with E-state index in [1.54, 1.807) is 6.20 Å². The fourth-order valence-corrected chi connectivity index (χ4v) is 4.67. The van der Waals surface area contributed by atoms with E-state index in [0.29, 0.717) is 23.9 Å². The van der Waals surface area contributed by atoms with Crippen molar-refractivity contribution in [2.45, 2.75) is 18.5 Å². The number of anilines is 3. The average molecular weight is 482 g/mol. The third-order valence-electron chi connectivity index (χ3n) is 6.44. The number of hydrogen-bond acceptors (Lipinski definition) is 9. The summed E-state index contributed by atoms with van der Waals surface area (Å²) in [4.78, 5) is 23.7. The SMILES string of the molecule is O=C1c2ccc(Nc3ncc(-c4nnco4)c(N[C@H](CO)c4ccccc4)n3)cc2C2CC=CCN12. The summed E-state index contributed by atoms with van der Waals surface area (Å²) in [7, 11) is 0. The largest absolute Gasteiger partial charge is 0.423 e. The number of nitrogens with zero attached hydrogens (tertiary/aromatic N) is 5. The molecule has 4 heterocycles. The van der Waals surface area contributed by atoms with Crippen molar-refractivity contribution in [3.8, 4) is 11.5 Å². The van der Waals surface area contributed by atoms with Gasteiger partial charge in [0.2, 0.25) is 12.3 Å². The van der Waals surface area contributed by atoms with Crippen LogP contribution in [0.2, 0.25) is 0 Å². The monoisotopic (exact) mass is 481 g/mol. The van der Waals surface area contributed by atoms with Gasteiger partial charge < -0.3 is 25.1 Å². The van der Waals surface area contributed by atoms with E-state index in [-0.39, 0.29) is 24.4 Å². The summed E-state index contributed by atoms with van der Waals surface area (Å²) in [6.45, 7) is 0.481. The molecule has 0 fully saturated rings. The van der Waals surface area contributed by atoms with Gasteiger partial charge in [0.1, 0.15) is 5.82 Å². The van der Waals surface area contributed by atoms with E-state index in [1.807, 2.05) is 59.5 Å². The van der Waals surface area contributed by atoms with Crippen molar-refractivity contribution in [2.24, 2.45) is 0 Å². The molecule has 2 aromatic heterocycles. The number of hydrogen-bond donors (Lipinski definition) is 3. The van der Waals surface area contributed by atoms with E-state index in [0.717, 1.165) is 28.8 Å². The number of aliphatic hydroxyl groups is 1. The molecule has 3 N–H and O–H groups in total. The van der Waals surface area contributed by atoms with Crippen LogP contribution in [0.5, 0.6) is 0 Å². The van der Waals surface area contributed by atoms with Gasteiger partial charge >= 0.3 is 0 Å². The third kappa shape index (κ3) is 3.97. The van der Waals surface area contributed by atoms with Crippen LogP contribution in [0, 0.1) is 0 Å². The first-order chi connectivity index (χ1) is 17.7. The van der Waals surface area contributed by atoms with Crippen LogP contribution in [0.3, 0.4) is 0 Å². The molecule has 2 aliphatic rings. The molecule has 10 nitrogen and oxygen atoms in total. The first-order valence-electron chi connectivity index (χ1n) is 11.6. The van der Waals surface area contributed by atoms with Crippen molar-refractivity contribution in [3.05, 3.63) is 90.0 Å². The Labute approximate surface area is 206 Å². The first kappa shape index (κ1) is 21.9. The number of aliphatic hydroxyl groups excluding tert-OH is 1. The van der Waals surface area contributed by atoms with Gasteiger partial charge in [-0.15, -0.1) is 10.2 Å². The van der Waals surface area contributed by atoms with Gasteiger partial charge in [-0.05, 0) is 35.7 Å². The normalized spacial score (nSPS) is 17.0. The molecule has 0 saturated heterocycles.